The van der Waals surface area contributed by atoms with Gasteiger partial charge < -0.3 is 9.47 Å². The van der Waals surface area contributed by atoms with Crippen molar-refractivity contribution in [1.29, 1.82) is 0 Å². The fraction of sp³-hybridized carbons (Fsp3) is 0.375. The van der Waals surface area contributed by atoms with Gasteiger partial charge in [0, 0.05) is 18.9 Å². The van der Waals surface area contributed by atoms with Gasteiger partial charge >= 0.3 is 0 Å². The normalized spacial score (nSPS) is 11.7. The molecule has 0 aliphatic heterocycles. The molecule has 2 nitrogen and oxygen atoms in total. The molecule has 18 heavy (non-hydrogen) atoms. The van der Waals surface area contributed by atoms with Crippen molar-refractivity contribution in [2.45, 2.75) is 25.9 Å². The van der Waals surface area contributed by atoms with Crippen molar-refractivity contribution >= 4 is 10.8 Å². The van der Waals surface area contributed by atoms with Gasteiger partial charge in [-0.15, -0.1) is 0 Å². The van der Waals surface area contributed by atoms with Crippen LogP contribution in [0.1, 0.15) is 20.3 Å². The maximum atomic E-state index is 5.88. The maximum absolute atomic E-state index is 5.88. The summed E-state index contributed by atoms with van der Waals surface area (Å²) in [5.74, 6) is 0.944. The van der Waals surface area contributed by atoms with Crippen LogP contribution in [0.25, 0.3) is 10.8 Å². The summed E-state index contributed by atoms with van der Waals surface area (Å²) in [6, 6.07) is 14.4. The summed E-state index contributed by atoms with van der Waals surface area (Å²) in [5, 5.41) is 2.37. The zero-order chi connectivity index (χ0) is 13.0. The summed E-state index contributed by atoms with van der Waals surface area (Å²) in [4.78, 5) is 0. The van der Waals surface area contributed by atoms with E-state index in [-0.39, 0.29) is 5.60 Å². The van der Waals surface area contributed by atoms with Gasteiger partial charge in [0.25, 0.3) is 0 Å². The van der Waals surface area contributed by atoms with Crippen molar-refractivity contribution in [2.24, 2.45) is 0 Å². The number of benzene rings is 2. The molecule has 0 aliphatic rings. The van der Waals surface area contributed by atoms with Crippen LogP contribution in [-0.4, -0.2) is 19.3 Å². The molecule has 0 fully saturated rings. The monoisotopic (exact) mass is 244 g/mol. The lowest BCUT2D eigenvalue weighted by atomic mass is 10.1. The Morgan fingerprint density at radius 3 is 2.50 bits per heavy atom. The third-order valence-electron chi connectivity index (χ3n) is 3.26. The zero-order valence-electron chi connectivity index (χ0n) is 11.3. The van der Waals surface area contributed by atoms with Gasteiger partial charge in [0.2, 0.25) is 0 Å². The van der Waals surface area contributed by atoms with Gasteiger partial charge in [-0.1, -0.05) is 36.4 Å². The number of hydrogen-bond donors (Lipinski definition) is 0. The molecule has 0 saturated heterocycles. The van der Waals surface area contributed by atoms with Crippen molar-refractivity contribution in [3.8, 4) is 5.75 Å². The van der Waals surface area contributed by atoms with E-state index in [1.807, 2.05) is 24.3 Å². The van der Waals surface area contributed by atoms with Gasteiger partial charge in [-0.05, 0) is 25.3 Å². The van der Waals surface area contributed by atoms with E-state index in [0.29, 0.717) is 6.61 Å². The first-order valence-electron chi connectivity index (χ1n) is 6.28. The van der Waals surface area contributed by atoms with Gasteiger partial charge in [-0.3, -0.25) is 0 Å². The topological polar surface area (TPSA) is 18.5 Å². The first kappa shape index (κ1) is 12.9. The average Bonchev–Trinajstić information content (AvgIpc) is 2.39. The van der Waals surface area contributed by atoms with Crippen molar-refractivity contribution in [3.63, 3.8) is 0 Å². The predicted molar refractivity (Wildman–Crippen MR) is 75.1 cm³/mol. The molecule has 0 unspecified atom stereocenters. The van der Waals surface area contributed by atoms with Crippen LogP contribution in [0.5, 0.6) is 5.75 Å². The van der Waals surface area contributed by atoms with E-state index in [0.717, 1.165) is 17.6 Å². The lowest BCUT2D eigenvalue weighted by Crippen LogP contribution is -2.25. The summed E-state index contributed by atoms with van der Waals surface area (Å²) < 4.78 is 11.3. The first-order valence-corrected chi connectivity index (χ1v) is 6.28. The molecule has 0 heterocycles. The molecule has 0 spiro atoms. The van der Waals surface area contributed by atoms with Crippen LogP contribution in [-0.2, 0) is 4.74 Å². The van der Waals surface area contributed by atoms with E-state index in [2.05, 4.69) is 32.0 Å². The molecule has 0 bridgehead atoms. The molecule has 0 radical (unpaired) electrons. The minimum absolute atomic E-state index is 0.134. The second-order valence-corrected chi connectivity index (χ2v) is 5.04. The first-order chi connectivity index (χ1) is 8.62. The largest absolute Gasteiger partial charge is 0.493 e. The summed E-state index contributed by atoms with van der Waals surface area (Å²) in [5.41, 5.74) is -0.134. The van der Waals surface area contributed by atoms with E-state index >= 15 is 0 Å². The second-order valence-electron chi connectivity index (χ2n) is 5.04. The van der Waals surface area contributed by atoms with E-state index in [1.54, 1.807) is 7.11 Å². The smallest absolute Gasteiger partial charge is 0.127 e. The molecule has 0 aliphatic carbocycles. The van der Waals surface area contributed by atoms with Crippen LogP contribution in [0.4, 0.5) is 0 Å². The van der Waals surface area contributed by atoms with Crippen LogP contribution in [0.3, 0.4) is 0 Å². The number of hydrogen-bond acceptors (Lipinski definition) is 2. The fourth-order valence-electron chi connectivity index (χ4n) is 1.83. The van der Waals surface area contributed by atoms with Crippen molar-refractivity contribution in [2.75, 3.05) is 13.7 Å². The second kappa shape index (κ2) is 5.40. The molecule has 0 saturated carbocycles. The zero-order valence-corrected chi connectivity index (χ0v) is 11.3. The van der Waals surface area contributed by atoms with Crippen LogP contribution < -0.4 is 4.74 Å². The number of methoxy groups -OCH3 is 1. The Hall–Kier alpha value is -1.54. The Morgan fingerprint density at radius 2 is 1.72 bits per heavy atom. The lowest BCUT2D eigenvalue weighted by molar-refractivity contribution is 0.00558. The Morgan fingerprint density at radius 1 is 1.00 bits per heavy atom. The standard InChI is InChI=1S/C16H20O2/c1-16(2,17-3)11-12-18-15-10-6-8-13-7-4-5-9-14(13)15/h4-10H,11-12H2,1-3H3. The molecule has 96 valence electrons. The van der Waals surface area contributed by atoms with Crippen LogP contribution in [0, 0.1) is 0 Å². The fourth-order valence-corrected chi connectivity index (χ4v) is 1.83. The van der Waals surface area contributed by atoms with E-state index in [9.17, 15) is 0 Å². The third kappa shape index (κ3) is 3.02. The highest BCUT2D eigenvalue weighted by Gasteiger charge is 2.16. The predicted octanol–water partition coefficient (Wildman–Crippen LogP) is 4.03. The van der Waals surface area contributed by atoms with Crippen molar-refractivity contribution in [3.05, 3.63) is 42.5 Å². The number of rotatable bonds is 5. The molecule has 0 N–H and O–H groups in total. The van der Waals surface area contributed by atoms with E-state index in [4.69, 9.17) is 9.47 Å². The molecular formula is C16H20O2. The van der Waals surface area contributed by atoms with Gasteiger partial charge in [-0.25, -0.2) is 0 Å². The van der Waals surface area contributed by atoms with Gasteiger partial charge in [0.15, 0.2) is 0 Å². The molecule has 2 aromatic carbocycles. The van der Waals surface area contributed by atoms with Crippen molar-refractivity contribution < 1.29 is 9.47 Å². The minimum Gasteiger partial charge on any atom is -0.493 e. The van der Waals surface area contributed by atoms with Gasteiger partial charge in [-0.2, -0.15) is 0 Å². The molecule has 0 atom stereocenters. The molecular weight excluding hydrogens is 224 g/mol. The highest BCUT2D eigenvalue weighted by molar-refractivity contribution is 5.88. The Bertz CT molecular complexity index is 512. The van der Waals surface area contributed by atoms with E-state index in [1.165, 1.54) is 5.39 Å². The highest BCUT2D eigenvalue weighted by Crippen LogP contribution is 2.25. The summed E-state index contributed by atoms with van der Waals surface area (Å²) >= 11 is 0. The van der Waals surface area contributed by atoms with Gasteiger partial charge in [0.05, 0.1) is 12.2 Å². The molecule has 0 amide bonds. The lowest BCUT2D eigenvalue weighted by Gasteiger charge is -2.22. The Labute approximate surface area is 109 Å². The van der Waals surface area contributed by atoms with E-state index < -0.39 is 0 Å². The van der Waals surface area contributed by atoms with Crippen LogP contribution in [0.15, 0.2) is 42.5 Å². The molecule has 2 aromatic rings. The van der Waals surface area contributed by atoms with Crippen molar-refractivity contribution in [1.82, 2.24) is 0 Å². The Kier molecular flexibility index (Phi) is 3.87. The summed E-state index contributed by atoms with van der Waals surface area (Å²) in [7, 11) is 1.73. The molecule has 2 heteroatoms. The molecule has 0 aromatic heterocycles. The number of fused-ring (bicyclic) bond motifs is 1. The summed E-state index contributed by atoms with van der Waals surface area (Å²) in [6.07, 6.45) is 0.868. The highest BCUT2D eigenvalue weighted by atomic mass is 16.5. The maximum Gasteiger partial charge on any atom is 0.127 e. The van der Waals surface area contributed by atoms with Crippen LogP contribution >= 0.6 is 0 Å². The quantitative estimate of drug-likeness (QED) is 0.790. The van der Waals surface area contributed by atoms with Gasteiger partial charge in [0.1, 0.15) is 5.75 Å². The SMILES string of the molecule is COC(C)(C)CCOc1cccc2ccccc12. The molecule has 2 rings (SSSR count). The minimum atomic E-state index is -0.134. The van der Waals surface area contributed by atoms with Crippen LogP contribution in [0.2, 0.25) is 0 Å². The Balaban J connectivity index is 2.08. The average molecular weight is 244 g/mol. The number of ether oxygens (including phenoxy) is 2. The summed E-state index contributed by atoms with van der Waals surface area (Å²) in [6.45, 7) is 4.80. The third-order valence-corrected chi connectivity index (χ3v) is 3.26.